The number of azide groups is 1. The van der Waals surface area contributed by atoms with Crippen LogP contribution >= 0.6 is 0 Å². The van der Waals surface area contributed by atoms with Crippen molar-refractivity contribution in [1.29, 1.82) is 0 Å². The van der Waals surface area contributed by atoms with Gasteiger partial charge in [0.2, 0.25) is 0 Å². The first kappa shape index (κ1) is 75.0. The molecule has 0 saturated heterocycles. The highest BCUT2D eigenvalue weighted by Crippen LogP contribution is 2.50. The van der Waals surface area contributed by atoms with Crippen molar-refractivity contribution >= 4 is 17.8 Å². The van der Waals surface area contributed by atoms with Crippen molar-refractivity contribution in [2.75, 3.05) is 0 Å². The maximum atomic E-state index is 8.42. The average Bonchev–Trinajstić information content (AvgIpc) is 1.60. The second-order valence-electron chi connectivity index (χ2n) is 28.1. The van der Waals surface area contributed by atoms with Crippen molar-refractivity contribution in [3.05, 3.63) is 325 Å². The Morgan fingerprint density at radius 2 is 0.478 bits per heavy atom. The van der Waals surface area contributed by atoms with E-state index >= 15 is 0 Å². The first-order chi connectivity index (χ1) is 55.6. The lowest BCUT2D eigenvalue weighted by Gasteiger charge is -2.21. The summed E-state index contributed by atoms with van der Waals surface area (Å²) in [7, 11) is 0. The highest BCUT2D eigenvalue weighted by atomic mass is 15.5. The van der Waals surface area contributed by atoms with E-state index in [0.717, 1.165) is 205 Å². The monoisotopic (exact) mass is 1480 g/mol. The minimum Gasteiger partial charge on any atom is -0.212 e. The van der Waals surface area contributed by atoms with Gasteiger partial charge in [0.1, 0.15) is 45.6 Å². The number of nitrogens with zero attached hydrogens (tertiary/aromatic N) is 15. The molecule has 0 atom stereocenters. The lowest BCUT2D eigenvalue weighted by Crippen LogP contribution is -2.10. The van der Waals surface area contributed by atoms with Gasteiger partial charge in [-0.15, -0.1) is 20.4 Å². The molecule has 0 amide bonds. The maximum absolute atomic E-state index is 8.42. The number of rotatable bonds is 15. The van der Waals surface area contributed by atoms with Gasteiger partial charge in [-0.25, -0.2) is 18.7 Å². The van der Waals surface area contributed by atoms with Crippen molar-refractivity contribution in [2.45, 2.75) is 133 Å². The van der Waals surface area contributed by atoms with Gasteiger partial charge in [-0.05, 0) is 149 Å². The summed E-state index contributed by atoms with van der Waals surface area (Å²) in [5.41, 5.74) is 46.3. The zero-order chi connectivity index (χ0) is 78.1. The third-order valence-corrected chi connectivity index (χ3v) is 21.9. The predicted molar refractivity (Wildman–Crippen MR) is 460 cm³/mol. The smallest absolute Gasteiger partial charge is 0.122 e. The van der Waals surface area contributed by atoms with Crippen LogP contribution in [-0.4, -0.2) is 60.0 Å². The predicted octanol–water partition coefficient (Wildman–Crippen LogP) is 23.5. The molecule has 11 aromatic carbocycles. The molecule has 4 aromatic heterocycles. The second kappa shape index (κ2) is 33.8. The lowest BCUT2D eigenvalue weighted by atomic mass is 9.89. The van der Waals surface area contributed by atoms with Gasteiger partial charge in [-0.1, -0.05) is 344 Å². The number of hydrogen-bond donors (Lipinski definition) is 0. The summed E-state index contributed by atoms with van der Waals surface area (Å²) in [4.78, 5) is 2.85. The first-order valence-electron chi connectivity index (χ1n) is 39.9. The minimum absolute atomic E-state index is 0.815. The Morgan fingerprint density at radius 1 is 0.265 bits per heavy atom. The van der Waals surface area contributed by atoms with Gasteiger partial charge in [-0.2, -0.15) is 0 Å². The van der Waals surface area contributed by atoms with Crippen LogP contribution in [0.15, 0.2) is 242 Å². The fraction of sp³-hybridized carbons (Fsp3) is 0.204. The zero-order valence-electron chi connectivity index (χ0n) is 66.0. The Bertz CT molecular complexity index is 5750. The van der Waals surface area contributed by atoms with Gasteiger partial charge in [-0.3, -0.25) is 0 Å². The molecule has 0 fully saturated rings. The van der Waals surface area contributed by atoms with Crippen LogP contribution in [0.25, 0.3) is 135 Å². The zero-order valence-corrected chi connectivity index (χ0v) is 66.0. The molecule has 15 aromatic rings. The minimum atomic E-state index is 0.815. The van der Waals surface area contributed by atoms with E-state index in [9.17, 15) is 0 Å². The van der Waals surface area contributed by atoms with Crippen LogP contribution in [0, 0.1) is 11.8 Å². The number of benzene rings is 11. The molecule has 0 aliphatic heterocycles. The van der Waals surface area contributed by atoms with Gasteiger partial charge in [0.25, 0.3) is 0 Å². The molecule has 15 heteroatoms. The molecule has 0 N–H and O–H groups in total. The molecule has 113 heavy (non-hydrogen) atoms. The van der Waals surface area contributed by atoms with Gasteiger partial charge in [0.05, 0.1) is 22.7 Å². The van der Waals surface area contributed by atoms with Crippen LogP contribution in [0.3, 0.4) is 0 Å². The van der Waals surface area contributed by atoms with E-state index in [-0.39, 0.29) is 0 Å². The lowest BCUT2D eigenvalue weighted by molar-refractivity contribution is 0.785. The molecule has 0 saturated carbocycles. The molecule has 558 valence electrons. The van der Waals surface area contributed by atoms with Gasteiger partial charge in [0.15, 0.2) is 0 Å². The van der Waals surface area contributed by atoms with E-state index in [1.54, 1.807) is 0 Å². The number of fused-ring (bicyclic) bond motifs is 18. The SMILES string of the molecule is C1#Cc2ccccc2/C=C\c2ccccc21.CCc1cccc(CC)c1-n1nnc2c1-c1ccccc1-c1c(nnn1-c1c(CC)cccc1CC)-c1ccccc1-2.CCc1cccc(CC)c1-n1nnc2c1-c1ccccc1-c1nnn(-c3c(CC)cccc3CC)c1-c1ccccc1-2.CCc1cccc(CC)c1N=[N+]=[N-]. The Balaban J connectivity index is 0.000000132. The third kappa shape index (κ3) is 14.1. The average molecular weight is 1480 g/mol. The van der Waals surface area contributed by atoms with Crippen LogP contribution in [0.1, 0.15) is 147 Å². The van der Waals surface area contributed by atoms with Crippen molar-refractivity contribution in [1.82, 2.24) is 60.0 Å². The summed E-state index contributed by atoms with van der Waals surface area (Å²) < 4.78 is 8.30. The largest absolute Gasteiger partial charge is 0.212 e. The number of hydrogen-bond acceptors (Lipinski definition) is 9. The molecule has 15 nitrogen and oxygen atoms in total. The van der Waals surface area contributed by atoms with Crippen LogP contribution < -0.4 is 0 Å². The number of para-hydroxylation sites is 4. The number of aromatic nitrogens is 12. The summed E-state index contributed by atoms with van der Waals surface area (Å²) in [5.74, 6) is 6.44. The molecule has 4 heterocycles. The maximum Gasteiger partial charge on any atom is 0.122 e. The highest BCUT2D eigenvalue weighted by molar-refractivity contribution is 6.02. The Labute approximate surface area is 662 Å². The molecule has 0 spiro atoms. The third-order valence-electron chi connectivity index (χ3n) is 21.9. The molecule has 0 radical (unpaired) electrons. The summed E-state index contributed by atoms with van der Waals surface area (Å²) in [6.45, 7) is 21.7. The Kier molecular flexibility index (Phi) is 22.5. The molecule has 18 rings (SSSR count). The van der Waals surface area contributed by atoms with Crippen LogP contribution in [0.2, 0.25) is 0 Å². The second-order valence-corrected chi connectivity index (χ2v) is 28.1. The first-order valence-corrected chi connectivity index (χ1v) is 39.9. The van der Waals surface area contributed by atoms with Crippen molar-refractivity contribution < 1.29 is 0 Å². The number of aryl methyl sites for hydroxylation is 10. The summed E-state index contributed by atoms with van der Waals surface area (Å²) in [5, 5.41) is 42.8. The topological polar surface area (TPSA) is 172 Å². The van der Waals surface area contributed by atoms with Gasteiger partial charge in [0, 0.05) is 66.2 Å². The quantitative estimate of drug-likeness (QED) is 0.0422. The fourth-order valence-electron chi connectivity index (χ4n) is 16.2. The van der Waals surface area contributed by atoms with Gasteiger partial charge < -0.3 is 0 Å². The van der Waals surface area contributed by atoms with Crippen LogP contribution in [0.5, 0.6) is 0 Å². The fourth-order valence-corrected chi connectivity index (χ4v) is 16.2. The molecular weight excluding hydrogens is 1390 g/mol. The van der Waals surface area contributed by atoms with E-state index in [2.05, 4.69) is 316 Å². The molecule has 0 bridgehead atoms. The summed E-state index contributed by atoms with van der Waals surface area (Å²) >= 11 is 0. The van der Waals surface area contributed by atoms with Crippen molar-refractivity contribution in [3.63, 3.8) is 0 Å². The van der Waals surface area contributed by atoms with E-state index in [4.69, 9.17) is 46.8 Å². The van der Waals surface area contributed by atoms with Crippen molar-refractivity contribution in [2.24, 2.45) is 5.11 Å². The Hall–Kier alpha value is -13.4. The van der Waals surface area contributed by atoms with E-state index < -0.39 is 0 Å². The van der Waals surface area contributed by atoms with Crippen molar-refractivity contribution in [3.8, 4) is 125 Å². The van der Waals surface area contributed by atoms with E-state index in [0.29, 0.717) is 0 Å². The van der Waals surface area contributed by atoms with Gasteiger partial charge >= 0.3 is 0 Å². The normalized spacial score (nSPS) is 11.7. The van der Waals surface area contributed by atoms with E-state index in [1.807, 2.05) is 42.5 Å². The molecule has 3 aliphatic carbocycles. The molecule has 0 unspecified atom stereocenters. The standard InChI is InChI=1S/2C36H34N6.C16H10.C10H13N3/c1-5-23-15-13-16-24(6-2)33(23)41-35-29-21-11-9-19-27(29)32-36(30-22-12-10-20-28(30)31(35)37-39-41)42(40-38-32)34-25(7-3)17-14-18-26(34)8-4;1-5-23-15-13-16-24(6-2)33(23)41-35-29-21-11-12-22-30(29)36-32(28-20-10-9-19-27(28)31(35)37-39-41)38-40-42(36)34-25(7-3)17-14-18-26(34)8-4;1-2-6-14-11-12-16-8-4-3-7-15(16)10-9-13(14)5-1;1-3-8-6-5-7-9(4-2)10(8)12-13-11/h2*9-22H,5-8H2,1-4H3;1-10H;5-7H,3-4H2,1-2H3/b;;10-9-,13-9?,15-10?;. The molecule has 3 aliphatic rings. The highest BCUT2D eigenvalue weighted by Gasteiger charge is 2.35. The Morgan fingerprint density at radius 3 is 0.726 bits per heavy atom. The summed E-state index contributed by atoms with van der Waals surface area (Å²) in [6, 6.07) is 82.6. The summed E-state index contributed by atoms with van der Waals surface area (Å²) in [6.07, 6.45) is 13.3. The molecular formula is C98H91N15. The van der Waals surface area contributed by atoms with E-state index in [1.165, 1.54) is 55.6 Å². The van der Waals surface area contributed by atoms with Crippen LogP contribution in [0.4, 0.5) is 5.69 Å². The van der Waals surface area contributed by atoms with Crippen LogP contribution in [-0.2, 0) is 64.2 Å².